The molecule has 0 atom stereocenters. The van der Waals surface area contributed by atoms with Crippen LogP contribution in [-0.2, 0) is 19.1 Å². The van der Waals surface area contributed by atoms with E-state index in [4.69, 9.17) is 9.47 Å². The van der Waals surface area contributed by atoms with Gasteiger partial charge in [-0.3, -0.25) is 9.59 Å². The first-order valence-corrected chi connectivity index (χ1v) is 7.28. The Morgan fingerprint density at radius 1 is 1.05 bits per heavy atom. The molecule has 0 aliphatic carbocycles. The molecule has 20 heavy (non-hydrogen) atoms. The molecule has 0 saturated carbocycles. The van der Waals surface area contributed by atoms with Gasteiger partial charge in [-0.1, -0.05) is 25.5 Å². The number of carbonyl (C=O) groups is 2. The van der Waals surface area contributed by atoms with Crippen molar-refractivity contribution in [2.45, 2.75) is 54.4 Å². The van der Waals surface area contributed by atoms with Gasteiger partial charge in [0, 0.05) is 0 Å². The highest BCUT2D eigenvalue weighted by molar-refractivity contribution is 6.00. The number of allylic oxidation sites excluding steroid dienone is 2. The van der Waals surface area contributed by atoms with Crippen LogP contribution in [0, 0.1) is 11.3 Å². The van der Waals surface area contributed by atoms with Crippen LogP contribution in [0.3, 0.4) is 0 Å². The normalized spacial score (nSPS) is 11.2. The van der Waals surface area contributed by atoms with Crippen LogP contribution in [0.4, 0.5) is 0 Å². The zero-order valence-corrected chi connectivity index (χ0v) is 13.6. The Hall–Kier alpha value is -1.32. The molecule has 0 aromatic heterocycles. The average Bonchev–Trinajstić information content (AvgIpc) is 2.34. The van der Waals surface area contributed by atoms with E-state index in [1.165, 1.54) is 0 Å². The molecule has 0 heterocycles. The van der Waals surface area contributed by atoms with Crippen LogP contribution in [0.5, 0.6) is 0 Å². The van der Waals surface area contributed by atoms with Crippen molar-refractivity contribution in [2.24, 2.45) is 11.3 Å². The molecule has 0 aliphatic rings. The Morgan fingerprint density at radius 2 is 1.50 bits per heavy atom. The topological polar surface area (TPSA) is 52.6 Å². The second-order valence-electron chi connectivity index (χ2n) is 5.61. The molecule has 0 bridgehead atoms. The van der Waals surface area contributed by atoms with Crippen LogP contribution >= 0.6 is 0 Å². The van der Waals surface area contributed by atoms with Crippen LogP contribution in [0.15, 0.2) is 11.6 Å². The molecule has 0 radical (unpaired) electrons. The van der Waals surface area contributed by atoms with E-state index in [1.807, 2.05) is 33.8 Å². The third-order valence-electron chi connectivity index (χ3n) is 2.95. The standard InChI is InChI=1S/C16H28O4/c1-7-19-14(17)16(11-13(5)6,10-9-12(3)4)15(18)20-8-2/h9,13H,7-8,10-11H2,1-6H3. The van der Waals surface area contributed by atoms with E-state index in [-0.39, 0.29) is 19.1 Å². The van der Waals surface area contributed by atoms with Crippen molar-refractivity contribution in [3.8, 4) is 0 Å². The van der Waals surface area contributed by atoms with Gasteiger partial charge in [0.2, 0.25) is 0 Å². The number of ether oxygens (including phenoxy) is 2. The molecule has 0 fully saturated rings. The van der Waals surface area contributed by atoms with Crippen LogP contribution in [0.1, 0.15) is 54.4 Å². The van der Waals surface area contributed by atoms with E-state index in [2.05, 4.69) is 0 Å². The SMILES string of the molecule is CCOC(=O)C(CC=C(C)C)(CC(C)C)C(=O)OCC. The van der Waals surface area contributed by atoms with Gasteiger partial charge in [-0.2, -0.15) is 0 Å². The molecule has 0 aromatic rings. The predicted octanol–water partition coefficient (Wildman–Crippen LogP) is 3.50. The van der Waals surface area contributed by atoms with Gasteiger partial charge in [-0.05, 0) is 46.5 Å². The summed E-state index contributed by atoms with van der Waals surface area (Å²) in [7, 11) is 0. The molecule has 0 spiro atoms. The maximum Gasteiger partial charge on any atom is 0.323 e. The fourth-order valence-corrected chi connectivity index (χ4v) is 2.11. The lowest BCUT2D eigenvalue weighted by Crippen LogP contribution is -2.43. The summed E-state index contributed by atoms with van der Waals surface area (Å²) in [6.07, 6.45) is 2.65. The third kappa shape index (κ3) is 5.35. The summed E-state index contributed by atoms with van der Waals surface area (Å²) in [4.78, 5) is 24.8. The van der Waals surface area contributed by atoms with E-state index in [9.17, 15) is 9.59 Å². The van der Waals surface area contributed by atoms with Gasteiger partial charge in [0.05, 0.1) is 13.2 Å². The fourth-order valence-electron chi connectivity index (χ4n) is 2.11. The van der Waals surface area contributed by atoms with Crippen molar-refractivity contribution in [1.29, 1.82) is 0 Å². The van der Waals surface area contributed by atoms with Crippen LogP contribution in [0.25, 0.3) is 0 Å². The van der Waals surface area contributed by atoms with E-state index in [1.54, 1.807) is 13.8 Å². The summed E-state index contributed by atoms with van der Waals surface area (Å²) in [6, 6.07) is 0. The molecular weight excluding hydrogens is 256 g/mol. The maximum atomic E-state index is 12.4. The fraction of sp³-hybridized carbons (Fsp3) is 0.750. The first-order valence-electron chi connectivity index (χ1n) is 7.28. The highest BCUT2D eigenvalue weighted by atomic mass is 16.6. The molecule has 0 N–H and O–H groups in total. The molecule has 0 aliphatic heterocycles. The number of carbonyl (C=O) groups excluding carboxylic acids is 2. The molecule has 0 unspecified atom stereocenters. The number of esters is 2. The second kappa shape index (κ2) is 8.77. The number of rotatable bonds is 8. The van der Waals surface area contributed by atoms with Gasteiger partial charge in [0.1, 0.15) is 0 Å². The van der Waals surface area contributed by atoms with Gasteiger partial charge in [-0.15, -0.1) is 0 Å². The summed E-state index contributed by atoms with van der Waals surface area (Å²) < 4.78 is 10.3. The highest BCUT2D eigenvalue weighted by Crippen LogP contribution is 2.35. The molecule has 0 amide bonds. The van der Waals surface area contributed by atoms with Crippen LogP contribution in [-0.4, -0.2) is 25.2 Å². The highest BCUT2D eigenvalue weighted by Gasteiger charge is 2.48. The van der Waals surface area contributed by atoms with E-state index >= 15 is 0 Å². The zero-order chi connectivity index (χ0) is 15.8. The lowest BCUT2D eigenvalue weighted by Gasteiger charge is -2.29. The van der Waals surface area contributed by atoms with Crippen molar-refractivity contribution in [1.82, 2.24) is 0 Å². The van der Waals surface area contributed by atoms with Gasteiger partial charge in [0.15, 0.2) is 5.41 Å². The molecule has 0 saturated heterocycles. The summed E-state index contributed by atoms with van der Waals surface area (Å²) in [6.45, 7) is 11.8. The van der Waals surface area contributed by atoms with Gasteiger partial charge in [0.25, 0.3) is 0 Å². The van der Waals surface area contributed by atoms with E-state index < -0.39 is 17.4 Å². The molecule has 0 aromatic carbocycles. The number of hydrogen-bond donors (Lipinski definition) is 0. The summed E-state index contributed by atoms with van der Waals surface area (Å²) in [5, 5.41) is 0. The minimum Gasteiger partial charge on any atom is -0.465 e. The lowest BCUT2D eigenvalue weighted by molar-refractivity contribution is -0.173. The van der Waals surface area contributed by atoms with Gasteiger partial charge >= 0.3 is 11.9 Å². The number of hydrogen-bond acceptors (Lipinski definition) is 4. The van der Waals surface area contributed by atoms with Crippen LogP contribution in [0.2, 0.25) is 0 Å². The Balaban J connectivity index is 5.54. The first-order chi connectivity index (χ1) is 9.30. The Morgan fingerprint density at radius 3 is 1.80 bits per heavy atom. The smallest absolute Gasteiger partial charge is 0.323 e. The predicted molar refractivity (Wildman–Crippen MR) is 79.2 cm³/mol. The van der Waals surface area contributed by atoms with Gasteiger partial charge in [-0.25, -0.2) is 0 Å². The maximum absolute atomic E-state index is 12.4. The summed E-state index contributed by atoms with van der Waals surface area (Å²) in [5.74, 6) is -0.774. The monoisotopic (exact) mass is 284 g/mol. The zero-order valence-electron chi connectivity index (χ0n) is 13.6. The Bertz CT molecular complexity index is 333. The summed E-state index contributed by atoms with van der Waals surface area (Å²) in [5.41, 5.74) is -0.163. The minimum atomic E-state index is -1.22. The van der Waals surface area contributed by atoms with Gasteiger partial charge < -0.3 is 9.47 Å². The average molecular weight is 284 g/mol. The van der Waals surface area contributed by atoms with Crippen molar-refractivity contribution < 1.29 is 19.1 Å². The molecule has 4 heteroatoms. The van der Waals surface area contributed by atoms with E-state index in [0.29, 0.717) is 12.8 Å². The molecule has 0 rings (SSSR count). The van der Waals surface area contributed by atoms with Crippen molar-refractivity contribution in [3.63, 3.8) is 0 Å². The van der Waals surface area contributed by atoms with E-state index in [0.717, 1.165) is 5.57 Å². The van der Waals surface area contributed by atoms with Crippen molar-refractivity contribution in [3.05, 3.63) is 11.6 Å². The molecular formula is C16H28O4. The second-order valence-corrected chi connectivity index (χ2v) is 5.61. The van der Waals surface area contributed by atoms with Crippen molar-refractivity contribution in [2.75, 3.05) is 13.2 Å². The third-order valence-corrected chi connectivity index (χ3v) is 2.95. The quantitative estimate of drug-likeness (QED) is 0.389. The Labute approximate surface area is 122 Å². The van der Waals surface area contributed by atoms with Crippen molar-refractivity contribution >= 4 is 11.9 Å². The first kappa shape index (κ1) is 18.7. The molecule has 116 valence electrons. The minimum absolute atomic E-state index is 0.189. The van der Waals surface area contributed by atoms with Crippen LogP contribution < -0.4 is 0 Å². The largest absolute Gasteiger partial charge is 0.465 e. The molecule has 4 nitrogen and oxygen atoms in total. The Kier molecular flexibility index (Phi) is 8.19. The lowest BCUT2D eigenvalue weighted by atomic mass is 9.76. The summed E-state index contributed by atoms with van der Waals surface area (Å²) >= 11 is 0.